The number of H-pyrrole nitrogens is 1. The summed E-state index contributed by atoms with van der Waals surface area (Å²) in [6.45, 7) is 2.44. The van der Waals surface area contributed by atoms with Gasteiger partial charge in [-0.15, -0.1) is 0 Å². The molecule has 3 aromatic rings. The number of hydrogen-bond acceptors (Lipinski definition) is 3. The summed E-state index contributed by atoms with van der Waals surface area (Å²) in [6, 6.07) is 13.1. The van der Waals surface area contributed by atoms with Crippen LogP contribution in [0.1, 0.15) is 17.3 Å². The number of aromatic amines is 1. The quantitative estimate of drug-likeness (QED) is 0.646. The fourth-order valence-electron chi connectivity index (χ4n) is 2.59. The lowest BCUT2D eigenvalue weighted by molar-refractivity contribution is 0.100. The van der Waals surface area contributed by atoms with Gasteiger partial charge in [-0.1, -0.05) is 18.2 Å². The van der Waals surface area contributed by atoms with Crippen LogP contribution in [0.2, 0.25) is 0 Å². The highest BCUT2D eigenvalue weighted by molar-refractivity contribution is 6.09. The lowest BCUT2D eigenvalue weighted by Crippen LogP contribution is -2.11. The molecule has 0 fully saturated rings. The van der Waals surface area contributed by atoms with Gasteiger partial charge < -0.3 is 21.2 Å². The van der Waals surface area contributed by atoms with E-state index >= 15 is 0 Å². The summed E-state index contributed by atoms with van der Waals surface area (Å²) in [5.41, 5.74) is 15.1. The predicted molar refractivity (Wildman–Crippen MR) is 87.8 cm³/mol. The van der Waals surface area contributed by atoms with Gasteiger partial charge in [0.15, 0.2) is 5.88 Å². The Bertz CT molecular complexity index is 852. The van der Waals surface area contributed by atoms with Crippen molar-refractivity contribution in [1.82, 2.24) is 4.98 Å². The topological polar surface area (TPSA) is 94.1 Å². The number of aromatic nitrogens is 1. The van der Waals surface area contributed by atoms with E-state index in [9.17, 15) is 4.79 Å². The van der Waals surface area contributed by atoms with Crippen molar-refractivity contribution in [3.05, 3.63) is 48.0 Å². The van der Waals surface area contributed by atoms with E-state index in [1.807, 2.05) is 43.3 Å². The molecule has 5 nitrogen and oxygen atoms in total. The van der Waals surface area contributed by atoms with Gasteiger partial charge in [-0.05, 0) is 36.2 Å². The molecule has 0 aliphatic carbocycles. The van der Waals surface area contributed by atoms with E-state index in [4.69, 9.17) is 16.2 Å². The highest BCUT2D eigenvalue weighted by Crippen LogP contribution is 2.34. The number of nitrogens with one attached hydrogen (secondary N) is 1. The van der Waals surface area contributed by atoms with E-state index in [1.165, 1.54) is 0 Å². The normalized spacial score (nSPS) is 10.8. The fourth-order valence-corrected chi connectivity index (χ4v) is 2.59. The number of nitrogen functional groups attached to an aromatic ring is 1. The first kappa shape index (κ1) is 14.0. The van der Waals surface area contributed by atoms with Gasteiger partial charge in [0.2, 0.25) is 0 Å². The number of anilines is 1. The Labute approximate surface area is 127 Å². The van der Waals surface area contributed by atoms with Crippen LogP contribution in [0, 0.1) is 0 Å². The van der Waals surface area contributed by atoms with Gasteiger partial charge in [0.05, 0.1) is 17.7 Å². The number of carbonyl (C=O) groups excluding carboxylic acids is 1. The first-order chi connectivity index (χ1) is 10.6. The molecule has 5 heteroatoms. The summed E-state index contributed by atoms with van der Waals surface area (Å²) in [6.07, 6.45) is 0. The molecule has 1 aromatic heterocycles. The van der Waals surface area contributed by atoms with E-state index in [0.717, 1.165) is 16.5 Å². The van der Waals surface area contributed by atoms with Crippen molar-refractivity contribution >= 4 is 22.5 Å². The van der Waals surface area contributed by atoms with Gasteiger partial charge in [0.1, 0.15) is 0 Å². The first-order valence-electron chi connectivity index (χ1n) is 7.04. The van der Waals surface area contributed by atoms with Crippen molar-refractivity contribution in [2.75, 3.05) is 12.3 Å². The van der Waals surface area contributed by atoms with Crippen LogP contribution in [0.15, 0.2) is 42.5 Å². The fraction of sp³-hybridized carbons (Fsp3) is 0.118. The minimum atomic E-state index is -0.478. The van der Waals surface area contributed by atoms with Crippen LogP contribution in [0.3, 0.4) is 0 Å². The molecule has 2 aromatic carbocycles. The van der Waals surface area contributed by atoms with Crippen molar-refractivity contribution in [3.63, 3.8) is 0 Å². The zero-order valence-electron chi connectivity index (χ0n) is 12.2. The summed E-state index contributed by atoms with van der Waals surface area (Å²) >= 11 is 0. The van der Waals surface area contributed by atoms with Crippen molar-refractivity contribution < 1.29 is 9.53 Å². The molecule has 22 heavy (non-hydrogen) atoms. The summed E-state index contributed by atoms with van der Waals surface area (Å²) in [5, 5.41) is 0.880. The predicted octanol–water partition coefficient (Wildman–Crippen LogP) is 2.91. The molecule has 1 amide bonds. The van der Waals surface area contributed by atoms with Crippen LogP contribution in [0.5, 0.6) is 5.88 Å². The number of hydrogen-bond donors (Lipinski definition) is 3. The zero-order valence-corrected chi connectivity index (χ0v) is 12.2. The molecule has 0 saturated carbocycles. The summed E-state index contributed by atoms with van der Waals surface area (Å²) in [5.74, 6) is 0.130. The van der Waals surface area contributed by atoms with Crippen molar-refractivity contribution in [2.24, 2.45) is 5.73 Å². The summed E-state index contributed by atoms with van der Waals surface area (Å²) in [4.78, 5) is 14.7. The van der Waals surface area contributed by atoms with E-state index in [1.54, 1.807) is 6.07 Å². The van der Waals surface area contributed by atoms with Crippen LogP contribution in [-0.4, -0.2) is 17.5 Å². The molecule has 0 aliphatic heterocycles. The van der Waals surface area contributed by atoms with Crippen LogP contribution in [0.25, 0.3) is 22.0 Å². The van der Waals surface area contributed by atoms with Crippen LogP contribution >= 0.6 is 0 Å². The minimum Gasteiger partial charge on any atom is -0.479 e. The second-order valence-corrected chi connectivity index (χ2v) is 5.01. The number of rotatable bonds is 4. The monoisotopic (exact) mass is 295 g/mol. The molecule has 0 aliphatic rings. The van der Waals surface area contributed by atoms with Crippen molar-refractivity contribution in [1.29, 1.82) is 0 Å². The van der Waals surface area contributed by atoms with Crippen molar-refractivity contribution in [3.8, 4) is 17.0 Å². The van der Waals surface area contributed by atoms with Gasteiger partial charge in [0, 0.05) is 17.1 Å². The Morgan fingerprint density at radius 1 is 1.23 bits per heavy atom. The molecule has 0 unspecified atom stereocenters. The van der Waals surface area contributed by atoms with Crippen LogP contribution < -0.4 is 16.2 Å². The highest BCUT2D eigenvalue weighted by Gasteiger charge is 2.15. The van der Waals surface area contributed by atoms with E-state index < -0.39 is 5.91 Å². The van der Waals surface area contributed by atoms with E-state index in [0.29, 0.717) is 29.3 Å². The first-order valence-corrected chi connectivity index (χ1v) is 7.04. The Morgan fingerprint density at radius 3 is 2.73 bits per heavy atom. The van der Waals surface area contributed by atoms with Gasteiger partial charge >= 0.3 is 0 Å². The SMILES string of the molecule is CCOc1cc2c(-c3cccc(N)c3)ccc(C(N)=O)c2[nH]1. The third-order valence-electron chi connectivity index (χ3n) is 3.53. The van der Waals surface area contributed by atoms with Crippen molar-refractivity contribution in [2.45, 2.75) is 6.92 Å². The number of ether oxygens (including phenoxy) is 1. The molecule has 0 atom stereocenters. The van der Waals surface area contributed by atoms with Gasteiger partial charge in [-0.2, -0.15) is 0 Å². The van der Waals surface area contributed by atoms with Crippen LogP contribution in [-0.2, 0) is 0 Å². The third-order valence-corrected chi connectivity index (χ3v) is 3.53. The molecule has 0 spiro atoms. The molecule has 0 bridgehead atoms. The molecule has 5 N–H and O–H groups in total. The minimum absolute atomic E-state index is 0.439. The Kier molecular flexibility index (Phi) is 3.47. The summed E-state index contributed by atoms with van der Waals surface area (Å²) in [7, 11) is 0. The molecular weight excluding hydrogens is 278 g/mol. The largest absolute Gasteiger partial charge is 0.479 e. The highest BCUT2D eigenvalue weighted by atomic mass is 16.5. The Morgan fingerprint density at radius 2 is 2.05 bits per heavy atom. The second kappa shape index (κ2) is 5.44. The van der Waals surface area contributed by atoms with Gasteiger partial charge in [0.25, 0.3) is 5.91 Å². The Balaban J connectivity index is 2.27. The number of nitrogens with two attached hydrogens (primary N) is 2. The molecule has 0 radical (unpaired) electrons. The zero-order chi connectivity index (χ0) is 15.7. The lowest BCUT2D eigenvalue weighted by Gasteiger charge is -2.07. The number of primary amides is 1. The smallest absolute Gasteiger partial charge is 0.250 e. The molecule has 112 valence electrons. The van der Waals surface area contributed by atoms with E-state index in [2.05, 4.69) is 4.98 Å². The number of benzene rings is 2. The molecule has 1 heterocycles. The number of fused-ring (bicyclic) bond motifs is 1. The Hall–Kier alpha value is -2.95. The second-order valence-electron chi connectivity index (χ2n) is 5.01. The maximum Gasteiger partial charge on any atom is 0.250 e. The standard InChI is InChI=1S/C17H17N3O2/c1-2-22-15-9-14-12(10-4-3-5-11(18)8-10)6-7-13(17(19)21)16(14)20-15/h3-9,20H,2,18H2,1H3,(H2,19,21). The van der Waals surface area contributed by atoms with Gasteiger partial charge in [-0.25, -0.2) is 0 Å². The average molecular weight is 295 g/mol. The average Bonchev–Trinajstić information content (AvgIpc) is 2.89. The van der Waals surface area contributed by atoms with Gasteiger partial charge in [-0.3, -0.25) is 4.79 Å². The molecule has 3 rings (SSSR count). The maximum absolute atomic E-state index is 11.6. The third kappa shape index (κ3) is 2.37. The van der Waals surface area contributed by atoms with Crippen LogP contribution in [0.4, 0.5) is 5.69 Å². The number of amides is 1. The molecular formula is C17H17N3O2. The lowest BCUT2D eigenvalue weighted by atomic mass is 9.98. The molecule has 0 saturated heterocycles. The van der Waals surface area contributed by atoms with E-state index in [-0.39, 0.29) is 0 Å². The maximum atomic E-state index is 11.6. The summed E-state index contributed by atoms with van der Waals surface area (Å²) < 4.78 is 5.51. The number of carbonyl (C=O) groups is 1.